The second-order valence-electron chi connectivity index (χ2n) is 4.81. The van der Waals surface area contributed by atoms with Crippen LogP contribution in [0, 0.1) is 0 Å². The zero-order valence-corrected chi connectivity index (χ0v) is 12.9. The lowest BCUT2D eigenvalue weighted by atomic mass is 10.1. The molecule has 1 rings (SSSR count). The Labute approximate surface area is 120 Å². The Balaban J connectivity index is 2.27. The van der Waals surface area contributed by atoms with E-state index in [2.05, 4.69) is 48.6 Å². The van der Waals surface area contributed by atoms with Crippen LogP contribution in [0.3, 0.4) is 0 Å². The van der Waals surface area contributed by atoms with E-state index in [0.717, 1.165) is 24.6 Å². The third kappa shape index (κ3) is 7.23. The van der Waals surface area contributed by atoms with E-state index >= 15 is 0 Å². The molecule has 1 N–H and O–H groups in total. The highest BCUT2D eigenvalue weighted by Crippen LogP contribution is 2.14. The second-order valence-corrected chi connectivity index (χ2v) is 5.92. The SMILES string of the molecule is CCC(=O)NCCSCc1cccc(CN(C)C)c1. The number of carbonyl (C=O) groups is 1. The van der Waals surface area contributed by atoms with Gasteiger partial charge in [-0.25, -0.2) is 0 Å². The van der Waals surface area contributed by atoms with E-state index in [4.69, 9.17) is 0 Å². The van der Waals surface area contributed by atoms with Gasteiger partial charge in [-0.15, -0.1) is 0 Å². The van der Waals surface area contributed by atoms with E-state index in [1.807, 2.05) is 18.7 Å². The van der Waals surface area contributed by atoms with Crippen molar-refractivity contribution >= 4 is 17.7 Å². The van der Waals surface area contributed by atoms with Gasteiger partial charge in [0.2, 0.25) is 5.91 Å². The number of rotatable bonds is 8. The Bertz CT molecular complexity index is 393. The van der Waals surface area contributed by atoms with Crippen LogP contribution in [0.4, 0.5) is 0 Å². The maximum absolute atomic E-state index is 11.1. The molecule has 0 aliphatic carbocycles. The Kier molecular flexibility index (Phi) is 7.60. The summed E-state index contributed by atoms with van der Waals surface area (Å²) in [6.07, 6.45) is 0.567. The van der Waals surface area contributed by atoms with E-state index in [-0.39, 0.29) is 5.91 Å². The van der Waals surface area contributed by atoms with Gasteiger partial charge in [-0.3, -0.25) is 4.79 Å². The van der Waals surface area contributed by atoms with Gasteiger partial charge < -0.3 is 10.2 Å². The van der Waals surface area contributed by atoms with Crippen LogP contribution in [-0.4, -0.2) is 37.2 Å². The molecule has 1 amide bonds. The van der Waals surface area contributed by atoms with Gasteiger partial charge in [0.15, 0.2) is 0 Å². The fourth-order valence-corrected chi connectivity index (χ4v) is 2.57. The fourth-order valence-electron chi connectivity index (χ4n) is 1.76. The smallest absolute Gasteiger partial charge is 0.219 e. The van der Waals surface area contributed by atoms with Crippen molar-refractivity contribution in [3.8, 4) is 0 Å². The minimum absolute atomic E-state index is 0.133. The van der Waals surface area contributed by atoms with Crippen molar-refractivity contribution in [3.63, 3.8) is 0 Å². The molecule has 0 aromatic heterocycles. The summed E-state index contributed by atoms with van der Waals surface area (Å²) in [5.41, 5.74) is 2.70. The predicted molar refractivity (Wildman–Crippen MR) is 83.3 cm³/mol. The van der Waals surface area contributed by atoms with Gasteiger partial charge in [0.1, 0.15) is 0 Å². The molecule has 19 heavy (non-hydrogen) atoms. The lowest BCUT2D eigenvalue weighted by molar-refractivity contribution is -0.120. The van der Waals surface area contributed by atoms with E-state index in [0.29, 0.717) is 6.42 Å². The third-order valence-corrected chi connectivity index (χ3v) is 3.68. The summed E-state index contributed by atoms with van der Waals surface area (Å²) in [5.74, 6) is 2.10. The average Bonchev–Trinajstić information content (AvgIpc) is 2.37. The van der Waals surface area contributed by atoms with Crippen LogP contribution in [-0.2, 0) is 17.1 Å². The fraction of sp³-hybridized carbons (Fsp3) is 0.533. The monoisotopic (exact) mass is 280 g/mol. The quantitative estimate of drug-likeness (QED) is 0.743. The van der Waals surface area contributed by atoms with Crippen molar-refractivity contribution in [2.24, 2.45) is 0 Å². The van der Waals surface area contributed by atoms with Crippen LogP contribution in [0.5, 0.6) is 0 Å². The minimum Gasteiger partial charge on any atom is -0.355 e. The lowest BCUT2D eigenvalue weighted by Gasteiger charge is -2.11. The third-order valence-electron chi connectivity index (χ3n) is 2.65. The first-order valence-electron chi connectivity index (χ1n) is 6.68. The molecule has 0 saturated heterocycles. The topological polar surface area (TPSA) is 32.3 Å². The molecule has 1 aromatic carbocycles. The highest BCUT2D eigenvalue weighted by atomic mass is 32.2. The number of nitrogens with zero attached hydrogens (tertiary/aromatic N) is 1. The molecule has 0 saturated carbocycles. The Morgan fingerprint density at radius 1 is 1.32 bits per heavy atom. The predicted octanol–water partition coefficient (Wildman–Crippen LogP) is 2.51. The van der Waals surface area contributed by atoms with Gasteiger partial charge in [0, 0.05) is 31.0 Å². The highest BCUT2D eigenvalue weighted by molar-refractivity contribution is 7.98. The molecule has 1 aromatic rings. The van der Waals surface area contributed by atoms with Gasteiger partial charge in [0.05, 0.1) is 0 Å². The second kappa shape index (κ2) is 8.99. The molecular formula is C15H24N2OS. The van der Waals surface area contributed by atoms with Gasteiger partial charge in [-0.1, -0.05) is 31.2 Å². The van der Waals surface area contributed by atoms with Crippen molar-refractivity contribution in [3.05, 3.63) is 35.4 Å². The first-order chi connectivity index (χ1) is 9.11. The highest BCUT2D eigenvalue weighted by Gasteiger charge is 1.99. The number of amides is 1. The van der Waals surface area contributed by atoms with E-state index in [1.54, 1.807) is 0 Å². The molecule has 0 aliphatic heterocycles. The first-order valence-corrected chi connectivity index (χ1v) is 7.84. The van der Waals surface area contributed by atoms with Gasteiger partial charge in [-0.05, 0) is 25.2 Å². The molecule has 0 aliphatic rings. The summed E-state index contributed by atoms with van der Waals surface area (Å²) < 4.78 is 0. The van der Waals surface area contributed by atoms with E-state index in [9.17, 15) is 4.79 Å². The number of nitrogens with one attached hydrogen (secondary N) is 1. The van der Waals surface area contributed by atoms with Gasteiger partial charge >= 0.3 is 0 Å². The molecule has 0 radical (unpaired) electrons. The molecule has 3 nitrogen and oxygen atoms in total. The van der Waals surface area contributed by atoms with Crippen molar-refractivity contribution in [1.82, 2.24) is 10.2 Å². The van der Waals surface area contributed by atoms with E-state index < -0.39 is 0 Å². The van der Waals surface area contributed by atoms with Crippen molar-refractivity contribution in [1.29, 1.82) is 0 Å². The van der Waals surface area contributed by atoms with E-state index in [1.165, 1.54) is 11.1 Å². The van der Waals surface area contributed by atoms with Crippen LogP contribution in [0.25, 0.3) is 0 Å². The summed E-state index contributed by atoms with van der Waals surface area (Å²) >= 11 is 1.86. The Hall–Kier alpha value is -1.00. The number of carbonyl (C=O) groups excluding carboxylic acids is 1. The number of benzene rings is 1. The van der Waals surface area contributed by atoms with Crippen molar-refractivity contribution in [2.75, 3.05) is 26.4 Å². The minimum atomic E-state index is 0.133. The summed E-state index contributed by atoms with van der Waals surface area (Å²) in [6.45, 7) is 3.61. The van der Waals surface area contributed by atoms with Crippen molar-refractivity contribution in [2.45, 2.75) is 25.6 Å². The standard InChI is InChI=1S/C15H24N2OS/c1-4-15(18)16-8-9-19-12-14-7-5-6-13(10-14)11-17(2)3/h5-7,10H,4,8-9,11-12H2,1-3H3,(H,16,18). The van der Waals surface area contributed by atoms with Gasteiger partial charge in [0.25, 0.3) is 0 Å². The van der Waals surface area contributed by atoms with Crippen molar-refractivity contribution < 1.29 is 4.79 Å². The molecule has 0 atom stereocenters. The normalized spacial score (nSPS) is 10.7. The molecule has 106 valence electrons. The first kappa shape index (κ1) is 16.1. The molecule has 0 fully saturated rings. The largest absolute Gasteiger partial charge is 0.355 e. The number of hydrogen-bond donors (Lipinski definition) is 1. The maximum Gasteiger partial charge on any atom is 0.219 e. The zero-order valence-electron chi connectivity index (χ0n) is 12.1. The van der Waals surface area contributed by atoms with Crippen LogP contribution >= 0.6 is 11.8 Å². The van der Waals surface area contributed by atoms with Crippen LogP contribution in [0.15, 0.2) is 24.3 Å². The maximum atomic E-state index is 11.1. The average molecular weight is 280 g/mol. The summed E-state index contributed by atoms with van der Waals surface area (Å²) in [7, 11) is 4.16. The molecule has 0 bridgehead atoms. The zero-order chi connectivity index (χ0) is 14.1. The molecule has 0 heterocycles. The lowest BCUT2D eigenvalue weighted by Crippen LogP contribution is -2.24. The summed E-state index contributed by atoms with van der Waals surface area (Å²) in [5, 5.41) is 2.89. The van der Waals surface area contributed by atoms with Crippen LogP contribution in [0.2, 0.25) is 0 Å². The molecule has 0 spiro atoms. The van der Waals surface area contributed by atoms with Crippen LogP contribution < -0.4 is 5.32 Å². The number of thioether (sulfide) groups is 1. The molecule has 4 heteroatoms. The summed E-state index contributed by atoms with van der Waals surface area (Å²) in [4.78, 5) is 13.2. The summed E-state index contributed by atoms with van der Waals surface area (Å²) in [6, 6.07) is 8.71. The molecular weight excluding hydrogens is 256 g/mol. The Morgan fingerprint density at radius 2 is 2.05 bits per heavy atom. The number of hydrogen-bond acceptors (Lipinski definition) is 3. The molecule has 0 unspecified atom stereocenters. The van der Waals surface area contributed by atoms with Crippen LogP contribution in [0.1, 0.15) is 24.5 Å². The Morgan fingerprint density at radius 3 is 2.74 bits per heavy atom. The van der Waals surface area contributed by atoms with Gasteiger partial charge in [-0.2, -0.15) is 11.8 Å².